The van der Waals surface area contributed by atoms with E-state index < -0.39 is 5.91 Å². The Morgan fingerprint density at radius 3 is 2.91 bits per heavy atom. The van der Waals surface area contributed by atoms with Gasteiger partial charge in [-0.05, 0) is 43.0 Å². The predicted molar refractivity (Wildman–Crippen MR) is 112 cm³/mol. The molecule has 9 heteroatoms. The molecule has 4 rings (SSSR count). The molecule has 3 aromatic rings. The number of amides is 2. The number of halogens is 1. The Labute approximate surface area is 184 Å². The zero-order valence-corrected chi connectivity index (χ0v) is 17.3. The van der Waals surface area contributed by atoms with Crippen LogP contribution >= 0.6 is 0 Å². The number of likely N-dealkylation sites (tertiary alicyclic amines) is 1. The van der Waals surface area contributed by atoms with Gasteiger partial charge in [-0.1, -0.05) is 12.1 Å². The summed E-state index contributed by atoms with van der Waals surface area (Å²) in [4.78, 5) is 34.9. The quantitative estimate of drug-likeness (QED) is 0.613. The Kier molecular flexibility index (Phi) is 6.44. The summed E-state index contributed by atoms with van der Waals surface area (Å²) in [5.74, 6) is -0.154. The van der Waals surface area contributed by atoms with Crippen LogP contribution in [-0.4, -0.2) is 44.9 Å². The van der Waals surface area contributed by atoms with Crippen molar-refractivity contribution >= 4 is 11.8 Å². The summed E-state index contributed by atoms with van der Waals surface area (Å²) in [6, 6.07) is 7.25. The van der Waals surface area contributed by atoms with Crippen molar-refractivity contribution in [2.24, 2.45) is 0 Å². The number of oxazole rings is 1. The van der Waals surface area contributed by atoms with E-state index in [0.717, 1.165) is 18.4 Å². The van der Waals surface area contributed by atoms with E-state index in [-0.39, 0.29) is 35.6 Å². The number of rotatable bonds is 6. The molecule has 166 valence electrons. The topological polar surface area (TPSA) is 109 Å². The second-order valence-electron chi connectivity index (χ2n) is 7.68. The molecule has 8 nitrogen and oxygen atoms in total. The van der Waals surface area contributed by atoms with Gasteiger partial charge in [-0.25, -0.2) is 9.37 Å². The lowest BCUT2D eigenvalue weighted by molar-refractivity contribution is -0.134. The molecule has 1 aromatic carbocycles. The molecule has 2 N–H and O–H groups in total. The number of aromatic nitrogens is 2. The maximum Gasteiger partial charge on any atom is 0.253 e. The monoisotopic (exact) mass is 438 g/mol. The number of hydrogen-bond donors (Lipinski definition) is 2. The van der Waals surface area contributed by atoms with Gasteiger partial charge >= 0.3 is 0 Å². The second kappa shape index (κ2) is 9.59. The van der Waals surface area contributed by atoms with Crippen LogP contribution < -0.4 is 5.32 Å². The molecule has 2 amide bonds. The average Bonchev–Trinajstić information content (AvgIpc) is 3.25. The number of aromatic hydroxyl groups is 1. The minimum Gasteiger partial charge on any atom is -0.506 e. The fourth-order valence-corrected chi connectivity index (χ4v) is 3.80. The minimum absolute atomic E-state index is 0.127. The molecule has 1 aliphatic heterocycles. The molecule has 0 saturated carbocycles. The number of pyridine rings is 1. The minimum atomic E-state index is -0.496. The van der Waals surface area contributed by atoms with Gasteiger partial charge in [-0.2, -0.15) is 0 Å². The summed E-state index contributed by atoms with van der Waals surface area (Å²) < 4.78 is 19.3. The third-order valence-corrected chi connectivity index (χ3v) is 5.33. The Hall–Kier alpha value is -3.75. The highest BCUT2D eigenvalue weighted by atomic mass is 19.1. The number of carbonyl (C=O) groups is 2. The van der Waals surface area contributed by atoms with Crippen LogP contribution in [0.15, 0.2) is 53.3 Å². The number of nitrogens with zero attached hydrogens (tertiary/aromatic N) is 3. The normalized spacial score (nSPS) is 16.0. The fraction of sp³-hybridized carbons (Fsp3) is 0.304. The van der Waals surface area contributed by atoms with Crippen LogP contribution in [0.1, 0.15) is 52.9 Å². The predicted octanol–water partition coefficient (Wildman–Crippen LogP) is 2.99. The average molecular weight is 438 g/mol. The largest absolute Gasteiger partial charge is 0.506 e. The summed E-state index contributed by atoms with van der Waals surface area (Å²) in [7, 11) is 0. The molecule has 1 fully saturated rings. The molecular formula is C23H23FN4O4. The van der Waals surface area contributed by atoms with Crippen molar-refractivity contribution in [1.82, 2.24) is 20.2 Å². The van der Waals surface area contributed by atoms with Crippen LogP contribution in [0.5, 0.6) is 5.75 Å². The first-order valence-corrected chi connectivity index (χ1v) is 10.4. The standard InChI is InChI=1S/C23H23FN4O4/c24-17-5-3-4-15(8-17)9-19-13-27-23(32-19)20-6-1-2-7-28(20)21(30)14-26-22(31)16-10-18(29)12-25-11-16/h3-5,8,10-13,20,29H,1-2,6-7,9,14H2,(H,26,31). The molecule has 0 bridgehead atoms. The van der Waals surface area contributed by atoms with Crippen molar-refractivity contribution in [1.29, 1.82) is 0 Å². The molecule has 1 aliphatic rings. The van der Waals surface area contributed by atoms with Crippen LogP contribution in [0.3, 0.4) is 0 Å². The van der Waals surface area contributed by atoms with Crippen molar-refractivity contribution in [2.45, 2.75) is 31.7 Å². The molecule has 3 heterocycles. The van der Waals surface area contributed by atoms with E-state index in [4.69, 9.17) is 4.42 Å². The number of nitrogens with one attached hydrogen (secondary N) is 1. The van der Waals surface area contributed by atoms with Crippen molar-refractivity contribution in [2.75, 3.05) is 13.1 Å². The van der Waals surface area contributed by atoms with E-state index >= 15 is 0 Å². The molecule has 0 spiro atoms. The maximum atomic E-state index is 13.4. The van der Waals surface area contributed by atoms with Crippen LogP contribution in [0.4, 0.5) is 4.39 Å². The van der Waals surface area contributed by atoms with E-state index in [1.165, 1.54) is 30.6 Å². The summed E-state index contributed by atoms with van der Waals surface area (Å²) in [6.45, 7) is 0.344. The fourth-order valence-electron chi connectivity index (χ4n) is 3.80. The van der Waals surface area contributed by atoms with Crippen molar-refractivity contribution < 1.29 is 23.5 Å². The third kappa shape index (κ3) is 5.11. The maximum absolute atomic E-state index is 13.4. The Bertz CT molecular complexity index is 1120. The highest BCUT2D eigenvalue weighted by Crippen LogP contribution is 2.31. The Balaban J connectivity index is 1.40. The van der Waals surface area contributed by atoms with Gasteiger partial charge in [0.2, 0.25) is 11.8 Å². The lowest BCUT2D eigenvalue weighted by Gasteiger charge is -2.33. The van der Waals surface area contributed by atoms with Crippen LogP contribution in [0.25, 0.3) is 0 Å². The smallest absolute Gasteiger partial charge is 0.253 e. The first kappa shape index (κ1) is 21.5. The molecule has 1 unspecified atom stereocenters. The number of benzene rings is 1. The van der Waals surface area contributed by atoms with Crippen molar-refractivity contribution in [3.63, 3.8) is 0 Å². The van der Waals surface area contributed by atoms with Crippen molar-refractivity contribution in [3.8, 4) is 5.75 Å². The Morgan fingerprint density at radius 2 is 2.09 bits per heavy atom. The third-order valence-electron chi connectivity index (χ3n) is 5.33. The summed E-state index contributed by atoms with van der Waals surface area (Å²) >= 11 is 0. The van der Waals surface area contributed by atoms with Gasteiger partial charge < -0.3 is 19.7 Å². The first-order chi connectivity index (χ1) is 15.5. The highest BCUT2D eigenvalue weighted by molar-refractivity contribution is 5.96. The molecule has 0 radical (unpaired) electrons. The molecule has 32 heavy (non-hydrogen) atoms. The molecule has 1 saturated heterocycles. The lowest BCUT2D eigenvalue weighted by Crippen LogP contribution is -2.44. The SMILES string of the molecule is O=C(NCC(=O)N1CCCCC1c1ncc(Cc2cccc(F)c2)o1)c1cncc(O)c1. The zero-order valence-electron chi connectivity index (χ0n) is 17.3. The molecule has 0 aliphatic carbocycles. The summed E-state index contributed by atoms with van der Waals surface area (Å²) in [6.07, 6.45) is 7.03. The second-order valence-corrected chi connectivity index (χ2v) is 7.68. The summed E-state index contributed by atoms with van der Waals surface area (Å²) in [5.41, 5.74) is 0.941. The van der Waals surface area contributed by atoms with Crippen LogP contribution in [-0.2, 0) is 11.2 Å². The van der Waals surface area contributed by atoms with Gasteiger partial charge in [-0.3, -0.25) is 14.6 Å². The van der Waals surface area contributed by atoms with Crippen molar-refractivity contribution in [3.05, 3.63) is 77.5 Å². The highest BCUT2D eigenvalue weighted by Gasteiger charge is 2.31. The molecule has 1 atom stereocenters. The Morgan fingerprint density at radius 1 is 1.22 bits per heavy atom. The van der Waals surface area contributed by atoms with Gasteiger partial charge in [0.15, 0.2) is 0 Å². The molecular weight excluding hydrogens is 415 g/mol. The summed E-state index contributed by atoms with van der Waals surface area (Å²) in [5, 5.41) is 12.0. The zero-order chi connectivity index (χ0) is 22.5. The van der Waals surface area contributed by atoms with E-state index in [9.17, 15) is 19.1 Å². The van der Waals surface area contributed by atoms with Gasteiger partial charge in [0.1, 0.15) is 23.4 Å². The first-order valence-electron chi connectivity index (χ1n) is 10.4. The number of carbonyl (C=O) groups excluding carboxylic acids is 2. The molecule has 2 aromatic heterocycles. The van der Waals surface area contributed by atoms with Gasteiger partial charge in [0, 0.05) is 19.2 Å². The van der Waals surface area contributed by atoms with E-state index in [1.807, 2.05) is 6.07 Å². The van der Waals surface area contributed by atoms with Gasteiger partial charge in [0.05, 0.1) is 24.5 Å². The van der Waals surface area contributed by atoms with Gasteiger partial charge in [-0.15, -0.1) is 0 Å². The van der Waals surface area contributed by atoms with E-state index in [1.54, 1.807) is 17.2 Å². The van der Waals surface area contributed by atoms with Crippen LogP contribution in [0.2, 0.25) is 0 Å². The van der Waals surface area contributed by atoms with E-state index in [0.29, 0.717) is 31.0 Å². The number of hydrogen-bond acceptors (Lipinski definition) is 6. The van der Waals surface area contributed by atoms with Gasteiger partial charge in [0.25, 0.3) is 5.91 Å². The lowest BCUT2D eigenvalue weighted by atomic mass is 10.0. The van der Waals surface area contributed by atoms with Crippen LogP contribution in [0, 0.1) is 5.82 Å². The number of piperidine rings is 1. The van der Waals surface area contributed by atoms with E-state index in [2.05, 4.69) is 15.3 Å².